The lowest BCUT2D eigenvalue weighted by Crippen LogP contribution is -2.15. The van der Waals surface area contributed by atoms with Crippen molar-refractivity contribution >= 4 is 33.6 Å². The fourth-order valence-corrected chi connectivity index (χ4v) is 2.35. The zero-order valence-corrected chi connectivity index (χ0v) is 14.9. The number of ether oxygens (including phenoxy) is 2. The fourth-order valence-electron chi connectivity index (χ4n) is 1.99. The van der Waals surface area contributed by atoms with Gasteiger partial charge < -0.3 is 19.9 Å². The molecule has 0 unspecified atom stereocenters. The molecule has 6 nitrogen and oxygen atoms in total. The van der Waals surface area contributed by atoms with Crippen LogP contribution in [-0.4, -0.2) is 24.2 Å². The van der Waals surface area contributed by atoms with E-state index >= 15 is 0 Å². The Labute approximate surface area is 153 Å². The van der Waals surface area contributed by atoms with Crippen molar-refractivity contribution in [2.24, 2.45) is 0 Å². The number of carboxylic acid groups (broad SMARTS) is 1. The highest BCUT2D eigenvalue weighted by molar-refractivity contribution is 9.10. The van der Waals surface area contributed by atoms with Crippen molar-refractivity contribution in [1.29, 1.82) is 0 Å². The Bertz CT molecular complexity index is 789. The number of carboxylic acids is 1. The lowest BCUT2D eigenvalue weighted by atomic mass is 10.2. The molecule has 0 spiro atoms. The molecule has 7 heteroatoms. The normalized spacial score (nSPS) is 10.9. The molecule has 0 bridgehead atoms. The van der Waals surface area contributed by atoms with E-state index < -0.39 is 11.9 Å². The number of carbonyl (C=O) groups is 2. The number of hydrogen-bond donors (Lipinski definition) is 2. The first-order chi connectivity index (χ1) is 12.0. The smallest absolute Gasteiger partial charge is 0.354 e. The average molecular weight is 406 g/mol. The Morgan fingerprint density at radius 2 is 1.92 bits per heavy atom. The minimum Gasteiger partial charge on any atom is -0.487 e. The van der Waals surface area contributed by atoms with E-state index in [0.29, 0.717) is 18.0 Å². The number of methoxy groups -OCH3 is 1. The fraction of sp³-hybridized carbons (Fsp3) is 0.111. The molecule has 0 fully saturated rings. The molecule has 0 atom stereocenters. The molecule has 0 saturated heterocycles. The van der Waals surface area contributed by atoms with Gasteiger partial charge in [-0.2, -0.15) is 0 Å². The number of nitrogens with one attached hydrogen (secondary N) is 1. The first-order valence-electron chi connectivity index (χ1n) is 7.26. The SMILES string of the molecule is COC(=O)C(=CC(=O)O)Nc1cc(Br)ccc1OCc1ccccc1. The van der Waals surface area contributed by atoms with Gasteiger partial charge in [0.25, 0.3) is 0 Å². The number of anilines is 1. The summed E-state index contributed by atoms with van der Waals surface area (Å²) in [7, 11) is 1.17. The molecule has 0 aromatic heterocycles. The summed E-state index contributed by atoms with van der Waals surface area (Å²) >= 11 is 3.34. The molecule has 25 heavy (non-hydrogen) atoms. The molecule has 0 heterocycles. The summed E-state index contributed by atoms with van der Waals surface area (Å²) in [5.41, 5.74) is 1.20. The number of esters is 1. The Kier molecular flexibility index (Phi) is 6.59. The number of hydrogen-bond acceptors (Lipinski definition) is 5. The maximum Gasteiger partial charge on any atom is 0.354 e. The second-order valence-corrected chi connectivity index (χ2v) is 5.84. The van der Waals surface area contributed by atoms with Crippen molar-refractivity contribution in [3.63, 3.8) is 0 Å². The molecule has 2 N–H and O–H groups in total. The molecule has 0 saturated carbocycles. The van der Waals surface area contributed by atoms with E-state index in [-0.39, 0.29) is 5.70 Å². The van der Waals surface area contributed by atoms with Gasteiger partial charge in [-0.3, -0.25) is 0 Å². The standard InChI is InChI=1S/C18H16BrNO5/c1-24-18(23)15(10-17(21)22)20-14-9-13(19)7-8-16(14)25-11-12-5-3-2-4-6-12/h2-10,20H,11H2,1H3,(H,21,22). The topological polar surface area (TPSA) is 84.9 Å². The molecule has 0 aliphatic carbocycles. The van der Waals surface area contributed by atoms with Crippen LogP contribution in [0, 0.1) is 0 Å². The highest BCUT2D eigenvalue weighted by Crippen LogP contribution is 2.30. The summed E-state index contributed by atoms with van der Waals surface area (Å²) in [5, 5.41) is 11.7. The largest absolute Gasteiger partial charge is 0.487 e. The van der Waals surface area contributed by atoms with Crippen molar-refractivity contribution in [3.8, 4) is 5.75 Å². The quantitative estimate of drug-likeness (QED) is 0.540. The predicted octanol–water partition coefficient (Wildman–Crippen LogP) is 3.58. The molecule has 0 amide bonds. The van der Waals surface area contributed by atoms with Crippen molar-refractivity contribution in [2.45, 2.75) is 6.61 Å². The summed E-state index contributed by atoms with van der Waals surface area (Å²) in [5.74, 6) is -1.60. The first kappa shape index (κ1) is 18.5. The lowest BCUT2D eigenvalue weighted by molar-refractivity contribution is -0.137. The first-order valence-corrected chi connectivity index (χ1v) is 8.05. The van der Waals surface area contributed by atoms with E-state index in [2.05, 4.69) is 26.0 Å². The molecule has 0 aliphatic rings. The highest BCUT2D eigenvalue weighted by atomic mass is 79.9. The monoisotopic (exact) mass is 405 g/mol. The zero-order chi connectivity index (χ0) is 18.2. The third-order valence-corrected chi connectivity index (χ3v) is 3.61. The van der Waals surface area contributed by atoms with E-state index in [9.17, 15) is 9.59 Å². The van der Waals surface area contributed by atoms with Crippen LogP contribution in [0.15, 0.2) is 64.8 Å². The van der Waals surface area contributed by atoms with Gasteiger partial charge in [0.05, 0.1) is 18.9 Å². The summed E-state index contributed by atoms with van der Waals surface area (Å²) in [6.07, 6.45) is 0.744. The summed E-state index contributed by atoms with van der Waals surface area (Å²) in [6.45, 7) is 0.327. The van der Waals surface area contributed by atoms with E-state index in [4.69, 9.17) is 9.84 Å². The van der Waals surface area contributed by atoms with Crippen molar-refractivity contribution in [2.75, 3.05) is 12.4 Å². The molecular formula is C18H16BrNO5. The molecule has 0 aliphatic heterocycles. The summed E-state index contributed by atoms with van der Waals surface area (Å²) in [6, 6.07) is 14.8. The van der Waals surface area contributed by atoms with Crippen LogP contribution in [-0.2, 0) is 20.9 Å². The van der Waals surface area contributed by atoms with E-state index in [1.165, 1.54) is 7.11 Å². The Balaban J connectivity index is 2.25. The highest BCUT2D eigenvalue weighted by Gasteiger charge is 2.15. The molecule has 0 radical (unpaired) electrons. The summed E-state index contributed by atoms with van der Waals surface area (Å²) < 4.78 is 11.1. The van der Waals surface area contributed by atoms with Crippen LogP contribution in [0.2, 0.25) is 0 Å². The van der Waals surface area contributed by atoms with Gasteiger partial charge in [-0.15, -0.1) is 0 Å². The van der Waals surface area contributed by atoms with Gasteiger partial charge in [0.1, 0.15) is 18.1 Å². The van der Waals surface area contributed by atoms with Crippen molar-refractivity contribution in [3.05, 3.63) is 70.3 Å². The summed E-state index contributed by atoms with van der Waals surface area (Å²) in [4.78, 5) is 22.7. The van der Waals surface area contributed by atoms with Crippen LogP contribution in [0.4, 0.5) is 5.69 Å². The van der Waals surface area contributed by atoms with Crippen LogP contribution >= 0.6 is 15.9 Å². The van der Waals surface area contributed by atoms with Gasteiger partial charge in [0, 0.05) is 4.47 Å². The van der Waals surface area contributed by atoms with E-state index in [1.807, 2.05) is 30.3 Å². The van der Waals surface area contributed by atoms with Crippen molar-refractivity contribution < 1.29 is 24.2 Å². The van der Waals surface area contributed by atoms with Gasteiger partial charge in [-0.1, -0.05) is 46.3 Å². The molecule has 130 valence electrons. The number of halogens is 1. The van der Waals surface area contributed by atoms with Crippen LogP contribution in [0.5, 0.6) is 5.75 Å². The van der Waals surface area contributed by atoms with Crippen LogP contribution in [0.1, 0.15) is 5.56 Å². The van der Waals surface area contributed by atoms with E-state index in [0.717, 1.165) is 16.1 Å². The van der Waals surface area contributed by atoms with Crippen LogP contribution in [0.25, 0.3) is 0 Å². The molecular weight excluding hydrogens is 390 g/mol. The Hall–Kier alpha value is -2.80. The maximum atomic E-state index is 11.8. The van der Waals surface area contributed by atoms with Gasteiger partial charge in [-0.25, -0.2) is 9.59 Å². The third-order valence-electron chi connectivity index (χ3n) is 3.12. The average Bonchev–Trinajstić information content (AvgIpc) is 2.60. The molecule has 2 aromatic carbocycles. The minimum atomic E-state index is -1.27. The second kappa shape index (κ2) is 8.89. The lowest BCUT2D eigenvalue weighted by Gasteiger charge is -2.15. The second-order valence-electron chi connectivity index (χ2n) is 4.93. The van der Waals surface area contributed by atoms with Crippen molar-refractivity contribution in [1.82, 2.24) is 0 Å². The van der Waals surface area contributed by atoms with Crippen LogP contribution in [0.3, 0.4) is 0 Å². The minimum absolute atomic E-state index is 0.210. The van der Waals surface area contributed by atoms with Crippen LogP contribution < -0.4 is 10.1 Å². The number of rotatable bonds is 7. The maximum absolute atomic E-state index is 11.8. The van der Waals surface area contributed by atoms with Gasteiger partial charge in [0.15, 0.2) is 0 Å². The predicted molar refractivity (Wildman–Crippen MR) is 96.3 cm³/mol. The third kappa shape index (κ3) is 5.65. The Morgan fingerprint density at radius 3 is 2.56 bits per heavy atom. The number of aliphatic carboxylic acids is 1. The zero-order valence-electron chi connectivity index (χ0n) is 13.4. The van der Waals surface area contributed by atoms with E-state index in [1.54, 1.807) is 18.2 Å². The Morgan fingerprint density at radius 1 is 1.20 bits per heavy atom. The number of benzene rings is 2. The van der Waals surface area contributed by atoms with Gasteiger partial charge in [-0.05, 0) is 23.8 Å². The molecule has 2 aromatic rings. The van der Waals surface area contributed by atoms with Gasteiger partial charge >= 0.3 is 11.9 Å². The van der Waals surface area contributed by atoms with Gasteiger partial charge in [0.2, 0.25) is 0 Å². The number of carbonyl (C=O) groups excluding carboxylic acids is 1. The molecule has 2 rings (SSSR count).